The van der Waals surface area contributed by atoms with Crippen molar-refractivity contribution < 1.29 is 8.78 Å². The third kappa shape index (κ3) is 1.78. The van der Waals surface area contributed by atoms with Gasteiger partial charge in [0, 0.05) is 18.2 Å². The van der Waals surface area contributed by atoms with Crippen molar-refractivity contribution in [3.05, 3.63) is 17.8 Å². The maximum atomic E-state index is 13.4. The van der Waals surface area contributed by atoms with Crippen molar-refractivity contribution in [1.29, 1.82) is 0 Å². The number of nitrogens with one attached hydrogen (secondary N) is 1. The van der Waals surface area contributed by atoms with E-state index < -0.39 is 12.3 Å². The molecule has 2 aromatic rings. The predicted octanol–water partition coefficient (Wildman–Crippen LogP) is 0.794. The van der Waals surface area contributed by atoms with Gasteiger partial charge < -0.3 is 5.73 Å². The Hall–Kier alpha value is -1.63. The lowest BCUT2D eigenvalue weighted by Gasteiger charge is -2.14. The minimum Gasteiger partial charge on any atom is -0.330 e. The van der Waals surface area contributed by atoms with E-state index in [-0.39, 0.29) is 12.1 Å². The normalized spacial score (nSPS) is 12.2. The number of aromatic nitrogens is 4. The Labute approximate surface area is 83.7 Å². The zero-order chi connectivity index (χ0) is 10.9. The number of pyridine rings is 1. The number of fused-ring (bicyclic) bond motifs is 1. The monoisotopic (exact) mass is 213 g/mol. The molecule has 0 aromatic carbocycles. The van der Waals surface area contributed by atoms with E-state index in [4.69, 9.17) is 5.73 Å². The maximum Gasteiger partial charge on any atom is 0.276 e. The van der Waals surface area contributed by atoms with E-state index in [1.54, 1.807) is 0 Å². The van der Waals surface area contributed by atoms with Crippen LogP contribution in [0.4, 0.5) is 8.78 Å². The third-order valence-electron chi connectivity index (χ3n) is 2.05. The Bertz CT molecular complexity index is 467. The van der Waals surface area contributed by atoms with Crippen LogP contribution >= 0.6 is 0 Å². The van der Waals surface area contributed by atoms with Gasteiger partial charge in [-0.05, 0) is 12.6 Å². The smallest absolute Gasteiger partial charge is 0.276 e. The fourth-order valence-electron chi connectivity index (χ4n) is 1.27. The quantitative estimate of drug-likeness (QED) is 0.790. The van der Waals surface area contributed by atoms with E-state index >= 15 is 0 Å². The Morgan fingerprint density at radius 3 is 2.93 bits per heavy atom. The van der Waals surface area contributed by atoms with Crippen LogP contribution in [0.2, 0.25) is 0 Å². The van der Waals surface area contributed by atoms with E-state index in [0.29, 0.717) is 11.2 Å². The Morgan fingerprint density at radius 1 is 1.40 bits per heavy atom. The molecule has 80 valence electrons. The Morgan fingerprint density at radius 2 is 2.20 bits per heavy atom. The number of H-pyrrole nitrogens is 1. The van der Waals surface area contributed by atoms with Crippen LogP contribution in [0, 0.1) is 0 Å². The lowest BCUT2D eigenvalue weighted by atomic mass is 10.1. The van der Waals surface area contributed by atoms with Gasteiger partial charge >= 0.3 is 0 Å². The van der Waals surface area contributed by atoms with E-state index in [2.05, 4.69) is 20.4 Å². The van der Waals surface area contributed by atoms with E-state index in [1.165, 1.54) is 6.07 Å². The minimum atomic E-state index is -2.96. The SMILES string of the molecule is NCCC(F)(F)c1cnc2n[nH]nc2c1. The molecule has 0 radical (unpaired) electrons. The molecule has 0 aliphatic rings. The largest absolute Gasteiger partial charge is 0.330 e. The summed E-state index contributed by atoms with van der Waals surface area (Å²) in [4.78, 5) is 3.76. The summed E-state index contributed by atoms with van der Waals surface area (Å²) >= 11 is 0. The van der Waals surface area contributed by atoms with Crippen molar-refractivity contribution in [3.8, 4) is 0 Å². The van der Waals surface area contributed by atoms with Crippen LogP contribution in [-0.2, 0) is 5.92 Å². The van der Waals surface area contributed by atoms with Crippen LogP contribution in [0.3, 0.4) is 0 Å². The molecule has 0 aliphatic heterocycles. The number of rotatable bonds is 3. The fraction of sp³-hybridized carbons (Fsp3) is 0.375. The predicted molar refractivity (Wildman–Crippen MR) is 49.2 cm³/mol. The summed E-state index contributed by atoms with van der Waals surface area (Å²) in [6.07, 6.45) is 0.693. The highest BCUT2D eigenvalue weighted by molar-refractivity contribution is 5.69. The fourth-order valence-corrected chi connectivity index (χ4v) is 1.27. The van der Waals surface area contributed by atoms with Crippen molar-refractivity contribution >= 4 is 11.2 Å². The molecule has 0 unspecified atom stereocenters. The highest BCUT2D eigenvalue weighted by atomic mass is 19.3. The summed E-state index contributed by atoms with van der Waals surface area (Å²) in [6, 6.07) is 1.27. The van der Waals surface area contributed by atoms with Crippen LogP contribution in [0.25, 0.3) is 11.2 Å². The van der Waals surface area contributed by atoms with Gasteiger partial charge in [-0.3, -0.25) is 0 Å². The minimum absolute atomic E-state index is 0.0795. The van der Waals surface area contributed by atoms with Crippen LogP contribution in [0.5, 0.6) is 0 Å². The number of nitrogens with two attached hydrogens (primary N) is 1. The first-order valence-electron chi connectivity index (χ1n) is 4.38. The standard InChI is InChI=1S/C8H9F2N5/c9-8(10,1-2-11)5-3-6-7(12-4-5)14-15-13-6/h3-4H,1-2,11H2,(H,12,13,14,15). The highest BCUT2D eigenvalue weighted by Gasteiger charge is 2.31. The Kier molecular flexibility index (Phi) is 2.31. The number of halogens is 2. The maximum absolute atomic E-state index is 13.4. The van der Waals surface area contributed by atoms with Crippen molar-refractivity contribution in [2.75, 3.05) is 6.54 Å². The van der Waals surface area contributed by atoms with Gasteiger partial charge in [0.25, 0.3) is 5.92 Å². The van der Waals surface area contributed by atoms with Gasteiger partial charge in [-0.15, -0.1) is 5.10 Å². The summed E-state index contributed by atoms with van der Waals surface area (Å²) in [5.41, 5.74) is 5.57. The molecular weight excluding hydrogens is 204 g/mol. The molecule has 0 atom stereocenters. The molecule has 3 N–H and O–H groups in total. The van der Waals surface area contributed by atoms with Crippen molar-refractivity contribution in [1.82, 2.24) is 20.4 Å². The average Bonchev–Trinajstić information content (AvgIpc) is 2.63. The number of hydrogen-bond donors (Lipinski definition) is 2. The molecule has 2 rings (SSSR count). The number of nitrogens with zero attached hydrogens (tertiary/aromatic N) is 3. The molecule has 2 heterocycles. The number of hydrogen-bond acceptors (Lipinski definition) is 4. The lowest BCUT2D eigenvalue weighted by Crippen LogP contribution is -2.18. The molecular formula is C8H9F2N5. The van der Waals surface area contributed by atoms with Crippen LogP contribution < -0.4 is 5.73 Å². The first-order chi connectivity index (χ1) is 7.13. The van der Waals surface area contributed by atoms with Gasteiger partial charge in [-0.25, -0.2) is 13.8 Å². The first-order valence-corrected chi connectivity index (χ1v) is 4.38. The molecule has 0 spiro atoms. The zero-order valence-electron chi connectivity index (χ0n) is 7.74. The number of alkyl halides is 2. The van der Waals surface area contributed by atoms with E-state index in [9.17, 15) is 8.78 Å². The molecule has 7 heteroatoms. The van der Waals surface area contributed by atoms with Gasteiger partial charge in [0.1, 0.15) is 5.52 Å². The van der Waals surface area contributed by atoms with Gasteiger partial charge in [0.15, 0.2) is 0 Å². The van der Waals surface area contributed by atoms with Gasteiger partial charge in [0.2, 0.25) is 5.65 Å². The van der Waals surface area contributed by atoms with Gasteiger partial charge in [-0.1, -0.05) is 0 Å². The second-order valence-electron chi connectivity index (χ2n) is 3.13. The van der Waals surface area contributed by atoms with Crippen LogP contribution in [-0.4, -0.2) is 26.9 Å². The third-order valence-corrected chi connectivity index (χ3v) is 2.05. The van der Waals surface area contributed by atoms with E-state index in [1.807, 2.05) is 0 Å². The topological polar surface area (TPSA) is 80.5 Å². The van der Waals surface area contributed by atoms with Crippen molar-refractivity contribution in [2.24, 2.45) is 5.73 Å². The summed E-state index contributed by atoms with van der Waals surface area (Å²) < 4.78 is 26.8. The molecule has 0 saturated carbocycles. The van der Waals surface area contributed by atoms with Crippen LogP contribution in [0.15, 0.2) is 12.3 Å². The highest BCUT2D eigenvalue weighted by Crippen LogP contribution is 2.31. The van der Waals surface area contributed by atoms with Gasteiger partial charge in [-0.2, -0.15) is 10.3 Å². The van der Waals surface area contributed by atoms with E-state index in [0.717, 1.165) is 6.20 Å². The second-order valence-corrected chi connectivity index (χ2v) is 3.13. The summed E-state index contributed by atoms with van der Waals surface area (Å²) in [7, 11) is 0. The molecule has 15 heavy (non-hydrogen) atoms. The summed E-state index contributed by atoms with van der Waals surface area (Å²) in [6.45, 7) is -0.0795. The summed E-state index contributed by atoms with van der Waals surface area (Å²) in [5, 5.41) is 9.68. The molecule has 2 aromatic heterocycles. The zero-order valence-corrected chi connectivity index (χ0v) is 7.74. The molecule has 0 fully saturated rings. The number of aromatic amines is 1. The molecule has 0 saturated heterocycles. The molecule has 0 bridgehead atoms. The first kappa shape index (κ1) is 9.91. The molecule has 5 nitrogen and oxygen atoms in total. The summed E-state index contributed by atoms with van der Waals surface area (Å²) in [5.74, 6) is -2.96. The van der Waals surface area contributed by atoms with Crippen molar-refractivity contribution in [3.63, 3.8) is 0 Å². The van der Waals surface area contributed by atoms with Crippen molar-refractivity contribution in [2.45, 2.75) is 12.3 Å². The second kappa shape index (κ2) is 3.50. The Balaban J connectivity index is 2.42. The van der Waals surface area contributed by atoms with Gasteiger partial charge in [0.05, 0.1) is 0 Å². The average molecular weight is 213 g/mol. The molecule has 0 amide bonds. The lowest BCUT2D eigenvalue weighted by molar-refractivity contribution is -0.0109. The molecule has 0 aliphatic carbocycles. The van der Waals surface area contributed by atoms with Crippen LogP contribution in [0.1, 0.15) is 12.0 Å².